The van der Waals surface area contributed by atoms with Crippen molar-refractivity contribution < 1.29 is 29.0 Å². The minimum atomic E-state index is -0.958. The molecule has 0 radical (unpaired) electrons. The summed E-state index contributed by atoms with van der Waals surface area (Å²) in [6, 6.07) is 12.8. The van der Waals surface area contributed by atoms with E-state index in [2.05, 4.69) is 20.9 Å². The van der Waals surface area contributed by atoms with Gasteiger partial charge in [-0.15, -0.1) is 0 Å². The van der Waals surface area contributed by atoms with E-state index >= 15 is 0 Å². The number of esters is 1. The third kappa shape index (κ3) is 5.30. The lowest BCUT2D eigenvalue weighted by Gasteiger charge is -2.23. The fourth-order valence-corrected chi connectivity index (χ4v) is 5.23. The largest absolute Gasteiger partial charge is 0.507 e. The molecule has 0 saturated carbocycles. The number of aliphatic hydroxyl groups excluding tert-OH is 1. The minimum absolute atomic E-state index is 0.0246. The van der Waals surface area contributed by atoms with Crippen LogP contribution in [0.2, 0.25) is 0 Å². The second kappa shape index (κ2) is 10.9. The van der Waals surface area contributed by atoms with Gasteiger partial charge < -0.3 is 14.6 Å². The number of ketones is 1. The molecule has 1 aliphatic rings. The van der Waals surface area contributed by atoms with Crippen molar-refractivity contribution in [1.82, 2.24) is 4.98 Å². The number of rotatable bonds is 7. The Morgan fingerprint density at radius 3 is 2.38 bits per heavy atom. The van der Waals surface area contributed by atoms with Gasteiger partial charge in [-0.1, -0.05) is 39.4 Å². The van der Waals surface area contributed by atoms with Gasteiger partial charge in [-0.3, -0.25) is 14.5 Å². The number of halogens is 1. The zero-order valence-electron chi connectivity index (χ0n) is 20.6. The normalized spacial score (nSPS) is 16.9. The highest BCUT2D eigenvalue weighted by atomic mass is 79.9. The molecule has 2 aromatic carbocycles. The third-order valence-electron chi connectivity index (χ3n) is 5.58. The van der Waals surface area contributed by atoms with Crippen molar-refractivity contribution in [3.8, 4) is 5.75 Å². The topological polar surface area (TPSA) is 106 Å². The Morgan fingerprint density at radius 1 is 1.14 bits per heavy atom. The maximum atomic E-state index is 13.3. The van der Waals surface area contributed by atoms with Crippen molar-refractivity contribution in [2.24, 2.45) is 0 Å². The Kier molecular flexibility index (Phi) is 7.79. The van der Waals surface area contributed by atoms with Crippen LogP contribution in [0.25, 0.3) is 5.76 Å². The van der Waals surface area contributed by atoms with Crippen LogP contribution in [0, 0.1) is 6.92 Å². The van der Waals surface area contributed by atoms with Crippen LogP contribution in [0.4, 0.5) is 5.13 Å². The monoisotopic (exact) mass is 584 g/mol. The molecule has 0 aliphatic carbocycles. The number of ether oxygens (including phenoxy) is 2. The molecule has 1 fully saturated rings. The smallest absolute Gasteiger partial charge is 0.350 e. The molecule has 1 saturated heterocycles. The summed E-state index contributed by atoms with van der Waals surface area (Å²) in [4.78, 5) is 45.0. The van der Waals surface area contributed by atoms with Gasteiger partial charge in [0, 0.05) is 10.0 Å². The first-order chi connectivity index (χ1) is 17.6. The summed E-state index contributed by atoms with van der Waals surface area (Å²) in [5.74, 6) is -1.95. The van der Waals surface area contributed by atoms with Gasteiger partial charge in [0.15, 0.2) is 5.13 Å². The first kappa shape index (κ1) is 26.6. The number of anilines is 1. The Labute approximate surface area is 226 Å². The van der Waals surface area contributed by atoms with Gasteiger partial charge in [0.1, 0.15) is 16.4 Å². The SMILES string of the molecule is CCOC(=O)c1sc(N2C(=O)C(=O)/C(=C(/O)c3ccc(OC(C)C)cc3)C2c2ccc(Br)cc2)nc1C. The van der Waals surface area contributed by atoms with Gasteiger partial charge in [0.25, 0.3) is 5.78 Å². The van der Waals surface area contributed by atoms with Gasteiger partial charge in [-0.2, -0.15) is 0 Å². The molecule has 1 unspecified atom stereocenters. The second-order valence-corrected chi connectivity index (χ2v) is 10.4. The van der Waals surface area contributed by atoms with E-state index in [9.17, 15) is 19.5 Å². The predicted octanol–water partition coefficient (Wildman–Crippen LogP) is 5.80. The fourth-order valence-electron chi connectivity index (χ4n) is 3.98. The molecule has 2 heterocycles. The van der Waals surface area contributed by atoms with Crippen LogP contribution in [-0.4, -0.2) is 40.5 Å². The van der Waals surface area contributed by atoms with E-state index in [-0.39, 0.29) is 34.1 Å². The van der Waals surface area contributed by atoms with Crippen LogP contribution in [-0.2, 0) is 14.3 Å². The van der Waals surface area contributed by atoms with Crippen molar-refractivity contribution in [2.45, 2.75) is 39.8 Å². The summed E-state index contributed by atoms with van der Waals surface area (Å²) in [5.41, 5.74) is 1.26. The number of benzene rings is 2. The number of amides is 1. The van der Waals surface area contributed by atoms with E-state index in [0.717, 1.165) is 15.8 Å². The second-order valence-electron chi connectivity index (χ2n) is 8.54. The molecule has 1 amide bonds. The number of carbonyl (C=O) groups is 3. The number of carbonyl (C=O) groups excluding carboxylic acids is 3. The maximum Gasteiger partial charge on any atom is 0.350 e. The highest BCUT2D eigenvalue weighted by molar-refractivity contribution is 9.10. The molecule has 1 aliphatic heterocycles. The molecule has 1 aromatic heterocycles. The molecule has 8 nitrogen and oxygen atoms in total. The van der Waals surface area contributed by atoms with Crippen molar-refractivity contribution >= 4 is 55.8 Å². The average Bonchev–Trinajstić information content (AvgIpc) is 3.36. The summed E-state index contributed by atoms with van der Waals surface area (Å²) in [5, 5.41) is 11.5. The van der Waals surface area contributed by atoms with E-state index in [0.29, 0.717) is 22.6 Å². The molecule has 10 heteroatoms. The van der Waals surface area contributed by atoms with Crippen molar-refractivity contribution in [2.75, 3.05) is 11.5 Å². The van der Waals surface area contributed by atoms with Crippen LogP contribution >= 0.6 is 27.3 Å². The summed E-state index contributed by atoms with van der Waals surface area (Å²) in [7, 11) is 0. The van der Waals surface area contributed by atoms with Gasteiger partial charge in [-0.25, -0.2) is 9.78 Å². The van der Waals surface area contributed by atoms with Crippen LogP contribution in [0.5, 0.6) is 5.75 Å². The van der Waals surface area contributed by atoms with E-state index in [1.165, 1.54) is 4.90 Å². The van der Waals surface area contributed by atoms with Crippen LogP contribution in [0.15, 0.2) is 58.6 Å². The van der Waals surface area contributed by atoms with Crippen LogP contribution in [0.1, 0.15) is 53.3 Å². The van der Waals surface area contributed by atoms with E-state index < -0.39 is 23.7 Å². The zero-order valence-corrected chi connectivity index (χ0v) is 23.1. The lowest BCUT2D eigenvalue weighted by molar-refractivity contribution is -0.132. The Balaban J connectivity index is 1.85. The number of nitrogens with zero attached hydrogens (tertiary/aromatic N) is 2. The summed E-state index contributed by atoms with van der Waals surface area (Å²) in [6.45, 7) is 7.33. The Morgan fingerprint density at radius 2 is 1.78 bits per heavy atom. The summed E-state index contributed by atoms with van der Waals surface area (Å²) < 4.78 is 11.6. The van der Waals surface area contributed by atoms with Crippen molar-refractivity contribution in [1.29, 1.82) is 0 Å². The number of Topliss-reactive ketones (excluding diaryl/α,β-unsaturated/α-hetero) is 1. The highest BCUT2D eigenvalue weighted by Gasteiger charge is 2.48. The number of aromatic nitrogens is 1. The molecular weight excluding hydrogens is 560 g/mol. The first-order valence-corrected chi connectivity index (χ1v) is 13.2. The van der Waals surface area contributed by atoms with E-state index in [1.807, 2.05) is 13.8 Å². The van der Waals surface area contributed by atoms with Gasteiger partial charge in [-0.05, 0) is 69.7 Å². The molecule has 0 bridgehead atoms. The van der Waals surface area contributed by atoms with Crippen molar-refractivity contribution in [3.63, 3.8) is 0 Å². The van der Waals surface area contributed by atoms with Crippen molar-refractivity contribution in [3.05, 3.63) is 80.3 Å². The minimum Gasteiger partial charge on any atom is -0.507 e. The Bertz CT molecular complexity index is 1380. The number of aliphatic hydroxyl groups is 1. The number of hydrogen-bond acceptors (Lipinski definition) is 8. The molecule has 3 aromatic rings. The molecule has 37 heavy (non-hydrogen) atoms. The quantitative estimate of drug-likeness (QED) is 0.162. The lowest BCUT2D eigenvalue weighted by Crippen LogP contribution is -2.29. The van der Waals surface area contributed by atoms with Crippen LogP contribution < -0.4 is 9.64 Å². The first-order valence-electron chi connectivity index (χ1n) is 11.6. The van der Waals surface area contributed by atoms with Gasteiger partial charge in [0.2, 0.25) is 0 Å². The van der Waals surface area contributed by atoms with Gasteiger partial charge in [0.05, 0.1) is 30.0 Å². The lowest BCUT2D eigenvalue weighted by atomic mass is 9.95. The van der Waals surface area contributed by atoms with Gasteiger partial charge >= 0.3 is 11.9 Å². The molecular formula is C27H25BrN2O6S. The number of aryl methyl sites for hydroxylation is 1. The zero-order chi connectivity index (χ0) is 26.9. The molecule has 192 valence electrons. The van der Waals surface area contributed by atoms with E-state index in [1.54, 1.807) is 62.4 Å². The standard InChI is InChI=1S/C27H25BrN2O6S/c1-5-35-26(34)24-15(4)29-27(37-24)30-21(16-6-10-18(28)11-7-16)20(23(32)25(30)33)22(31)17-8-12-19(13-9-17)36-14(2)3/h6-14,21,31H,5H2,1-4H3/b22-20+. The maximum absolute atomic E-state index is 13.3. The Hall–Kier alpha value is -3.50. The summed E-state index contributed by atoms with van der Waals surface area (Å²) in [6.07, 6.45) is -0.0246. The fraction of sp³-hybridized carbons (Fsp3) is 0.259. The molecule has 4 rings (SSSR count). The van der Waals surface area contributed by atoms with Crippen LogP contribution in [0.3, 0.4) is 0 Å². The average molecular weight is 585 g/mol. The predicted molar refractivity (Wildman–Crippen MR) is 144 cm³/mol. The highest BCUT2D eigenvalue weighted by Crippen LogP contribution is 2.44. The third-order valence-corrected chi connectivity index (χ3v) is 7.25. The molecule has 0 spiro atoms. The van der Waals surface area contributed by atoms with E-state index in [4.69, 9.17) is 9.47 Å². The summed E-state index contributed by atoms with van der Waals surface area (Å²) >= 11 is 4.37. The molecule has 1 atom stereocenters. The number of hydrogen-bond donors (Lipinski definition) is 1. The molecule has 1 N–H and O–H groups in total. The number of thiazole rings is 1.